The molecule has 0 aliphatic carbocycles. The van der Waals surface area contributed by atoms with Crippen molar-refractivity contribution in [2.45, 2.75) is 24.0 Å². The van der Waals surface area contributed by atoms with Gasteiger partial charge in [-0.25, -0.2) is 8.42 Å². The molecule has 2 aromatic carbocycles. The van der Waals surface area contributed by atoms with Gasteiger partial charge in [0.25, 0.3) is 0 Å². The van der Waals surface area contributed by atoms with Crippen molar-refractivity contribution in [1.29, 1.82) is 5.26 Å². The lowest BCUT2D eigenvalue weighted by molar-refractivity contribution is 0.0767. The SMILES string of the molecule is CN1Cc2ccccc2CN2CCN(S(=O)(=O)c3cccc(C#N)c3)CC2C1. The average molecular weight is 397 g/mol. The van der Waals surface area contributed by atoms with Gasteiger partial charge in [-0.2, -0.15) is 9.57 Å². The molecule has 146 valence electrons. The Hall–Kier alpha value is -2.24. The summed E-state index contributed by atoms with van der Waals surface area (Å²) in [6.45, 7) is 4.17. The molecule has 0 spiro atoms. The van der Waals surface area contributed by atoms with Crippen molar-refractivity contribution in [3.8, 4) is 6.07 Å². The first-order chi connectivity index (χ1) is 13.5. The fraction of sp³-hybridized carbons (Fsp3) is 0.381. The van der Waals surface area contributed by atoms with Crippen molar-refractivity contribution in [1.82, 2.24) is 14.1 Å². The summed E-state index contributed by atoms with van der Waals surface area (Å²) in [6.07, 6.45) is 0. The average Bonchev–Trinajstić information content (AvgIpc) is 2.69. The van der Waals surface area contributed by atoms with Gasteiger partial charge in [-0.15, -0.1) is 0 Å². The van der Waals surface area contributed by atoms with Crippen molar-refractivity contribution in [3.05, 3.63) is 65.2 Å². The maximum Gasteiger partial charge on any atom is 0.243 e. The van der Waals surface area contributed by atoms with E-state index >= 15 is 0 Å². The Bertz CT molecular complexity index is 1020. The molecule has 0 N–H and O–H groups in total. The van der Waals surface area contributed by atoms with Gasteiger partial charge < -0.3 is 4.90 Å². The van der Waals surface area contributed by atoms with Crippen molar-refractivity contribution < 1.29 is 8.42 Å². The number of benzene rings is 2. The molecule has 6 nitrogen and oxygen atoms in total. The van der Waals surface area contributed by atoms with Crippen molar-refractivity contribution in [2.75, 3.05) is 33.2 Å². The zero-order valence-corrected chi connectivity index (χ0v) is 16.8. The third kappa shape index (κ3) is 3.69. The Kier molecular flexibility index (Phi) is 5.21. The predicted molar refractivity (Wildman–Crippen MR) is 107 cm³/mol. The summed E-state index contributed by atoms with van der Waals surface area (Å²) in [6, 6.07) is 16.9. The third-order valence-electron chi connectivity index (χ3n) is 5.62. The number of nitriles is 1. The van der Waals surface area contributed by atoms with E-state index in [1.54, 1.807) is 22.5 Å². The number of likely N-dealkylation sites (N-methyl/N-ethyl adjacent to an activating group) is 1. The third-order valence-corrected chi connectivity index (χ3v) is 7.48. The number of rotatable bonds is 2. The van der Waals surface area contributed by atoms with Crippen molar-refractivity contribution in [3.63, 3.8) is 0 Å². The number of piperazine rings is 1. The van der Waals surface area contributed by atoms with Crippen LogP contribution in [-0.4, -0.2) is 61.8 Å². The van der Waals surface area contributed by atoms with Crippen LogP contribution in [0.1, 0.15) is 16.7 Å². The van der Waals surface area contributed by atoms with Crippen LogP contribution in [0.4, 0.5) is 0 Å². The van der Waals surface area contributed by atoms with E-state index < -0.39 is 10.0 Å². The smallest absolute Gasteiger partial charge is 0.243 e. The summed E-state index contributed by atoms with van der Waals surface area (Å²) in [5.41, 5.74) is 3.02. The lowest BCUT2D eigenvalue weighted by Gasteiger charge is -2.43. The monoisotopic (exact) mass is 396 g/mol. The highest BCUT2D eigenvalue weighted by atomic mass is 32.2. The molecule has 0 bridgehead atoms. The fourth-order valence-corrected chi connectivity index (χ4v) is 5.65. The summed E-state index contributed by atoms with van der Waals surface area (Å²) in [4.78, 5) is 4.86. The Morgan fingerprint density at radius 2 is 1.75 bits per heavy atom. The van der Waals surface area contributed by atoms with Crippen LogP contribution in [0.3, 0.4) is 0 Å². The van der Waals surface area contributed by atoms with Crippen LogP contribution >= 0.6 is 0 Å². The molecule has 2 heterocycles. The molecule has 0 saturated carbocycles. The summed E-state index contributed by atoms with van der Waals surface area (Å²) in [5.74, 6) is 0. The molecule has 0 aromatic heterocycles. The van der Waals surface area contributed by atoms with Gasteiger partial charge in [-0.05, 0) is 36.4 Å². The molecule has 0 amide bonds. The lowest BCUT2D eigenvalue weighted by atomic mass is 10.0. The summed E-state index contributed by atoms with van der Waals surface area (Å²) in [7, 11) is -1.52. The molecule has 1 saturated heterocycles. The van der Waals surface area contributed by atoms with Crippen LogP contribution in [0.5, 0.6) is 0 Å². The van der Waals surface area contributed by atoms with Crippen LogP contribution in [0, 0.1) is 11.3 Å². The van der Waals surface area contributed by atoms with Crippen LogP contribution in [0.25, 0.3) is 0 Å². The number of nitrogens with zero attached hydrogens (tertiary/aromatic N) is 4. The molecular weight excluding hydrogens is 372 g/mol. The topological polar surface area (TPSA) is 67.7 Å². The molecule has 28 heavy (non-hydrogen) atoms. The van der Waals surface area contributed by atoms with Gasteiger partial charge in [0.2, 0.25) is 10.0 Å². The highest BCUT2D eigenvalue weighted by Crippen LogP contribution is 2.25. The van der Waals surface area contributed by atoms with E-state index in [-0.39, 0.29) is 10.9 Å². The normalized spacial score (nSPS) is 21.8. The van der Waals surface area contributed by atoms with Crippen LogP contribution in [0.15, 0.2) is 53.4 Å². The highest BCUT2D eigenvalue weighted by Gasteiger charge is 2.35. The predicted octanol–water partition coefficient (Wildman–Crippen LogP) is 1.88. The van der Waals surface area contributed by atoms with Crippen molar-refractivity contribution >= 4 is 10.0 Å². The van der Waals surface area contributed by atoms with E-state index in [1.807, 2.05) is 6.07 Å². The minimum Gasteiger partial charge on any atom is -0.300 e. The van der Waals surface area contributed by atoms with Crippen LogP contribution < -0.4 is 0 Å². The van der Waals surface area contributed by atoms with E-state index in [0.717, 1.165) is 19.6 Å². The Balaban J connectivity index is 1.58. The molecule has 0 radical (unpaired) electrons. The number of sulfonamides is 1. The summed E-state index contributed by atoms with van der Waals surface area (Å²) >= 11 is 0. The van der Waals surface area contributed by atoms with E-state index in [2.05, 4.69) is 41.1 Å². The molecule has 2 aliphatic rings. The molecule has 7 heteroatoms. The first-order valence-electron chi connectivity index (χ1n) is 9.47. The summed E-state index contributed by atoms with van der Waals surface area (Å²) in [5, 5.41) is 9.09. The number of hydrogen-bond acceptors (Lipinski definition) is 5. The van der Waals surface area contributed by atoms with Crippen LogP contribution in [-0.2, 0) is 23.1 Å². The lowest BCUT2D eigenvalue weighted by Crippen LogP contribution is -2.58. The fourth-order valence-electron chi connectivity index (χ4n) is 4.14. The van der Waals surface area contributed by atoms with E-state index in [1.165, 1.54) is 17.2 Å². The van der Waals surface area contributed by atoms with Crippen LogP contribution in [0.2, 0.25) is 0 Å². The zero-order valence-electron chi connectivity index (χ0n) is 16.0. The molecule has 2 aromatic rings. The first kappa shape index (κ1) is 19.1. The quantitative estimate of drug-likeness (QED) is 0.775. The minimum absolute atomic E-state index is 0.140. The standard InChI is InChI=1S/C21H24N4O2S/c1-23-13-18-6-2-3-7-19(18)14-24-9-10-25(16-20(24)15-23)28(26,27)21-8-4-5-17(11-21)12-22/h2-8,11,20H,9-10,13-16H2,1H3. The Labute approximate surface area is 166 Å². The van der Waals surface area contributed by atoms with E-state index in [0.29, 0.717) is 25.2 Å². The first-order valence-corrected chi connectivity index (χ1v) is 10.9. The minimum atomic E-state index is -3.61. The molecule has 2 aliphatic heterocycles. The maximum atomic E-state index is 13.1. The van der Waals surface area contributed by atoms with Gasteiger partial charge in [0.1, 0.15) is 0 Å². The zero-order chi connectivity index (χ0) is 19.7. The summed E-state index contributed by atoms with van der Waals surface area (Å²) < 4.78 is 27.9. The van der Waals surface area contributed by atoms with Gasteiger partial charge in [-0.3, -0.25) is 4.90 Å². The van der Waals surface area contributed by atoms with Gasteiger partial charge in [0.05, 0.1) is 16.5 Å². The van der Waals surface area contributed by atoms with E-state index in [4.69, 9.17) is 5.26 Å². The highest BCUT2D eigenvalue weighted by molar-refractivity contribution is 7.89. The molecule has 1 unspecified atom stereocenters. The molecule has 4 rings (SSSR count). The second kappa shape index (κ2) is 7.64. The molecular formula is C21H24N4O2S. The van der Waals surface area contributed by atoms with Crippen molar-refractivity contribution in [2.24, 2.45) is 0 Å². The Morgan fingerprint density at radius 1 is 1.00 bits per heavy atom. The van der Waals surface area contributed by atoms with Gasteiger partial charge in [-0.1, -0.05) is 30.3 Å². The van der Waals surface area contributed by atoms with Gasteiger partial charge >= 0.3 is 0 Å². The molecule has 1 fully saturated rings. The number of fused-ring (bicyclic) bond motifs is 2. The van der Waals surface area contributed by atoms with Gasteiger partial charge in [0, 0.05) is 45.3 Å². The second-order valence-electron chi connectivity index (χ2n) is 7.59. The second-order valence-corrected chi connectivity index (χ2v) is 9.53. The maximum absolute atomic E-state index is 13.1. The largest absolute Gasteiger partial charge is 0.300 e. The Morgan fingerprint density at radius 3 is 2.50 bits per heavy atom. The van der Waals surface area contributed by atoms with E-state index in [9.17, 15) is 8.42 Å². The molecule has 1 atom stereocenters. The number of hydrogen-bond donors (Lipinski definition) is 0. The van der Waals surface area contributed by atoms with Gasteiger partial charge in [0.15, 0.2) is 0 Å².